The van der Waals surface area contributed by atoms with E-state index in [4.69, 9.17) is 2.93 Å². The van der Waals surface area contributed by atoms with Gasteiger partial charge in [0, 0.05) is 0 Å². The monoisotopic (exact) mass is 1950 g/mol. The zero-order chi connectivity index (χ0) is 66.5. The molecule has 0 aliphatic heterocycles. The van der Waals surface area contributed by atoms with E-state index in [1.807, 2.05) is 0 Å². The van der Waals surface area contributed by atoms with E-state index in [2.05, 4.69) is 374 Å². The second-order valence-electron chi connectivity index (χ2n) is 24.6. The van der Waals surface area contributed by atoms with Gasteiger partial charge in [0.2, 0.25) is 0 Å². The molecule has 0 saturated carbocycles. The molecule has 0 amide bonds. The van der Waals surface area contributed by atoms with Crippen LogP contribution in [0, 0.1) is 83.1 Å². The van der Waals surface area contributed by atoms with Gasteiger partial charge in [-0.15, -0.1) is 0 Å². The molecule has 12 aromatic rings. The van der Waals surface area contributed by atoms with Gasteiger partial charge in [-0.1, -0.05) is 0 Å². The van der Waals surface area contributed by atoms with E-state index in [9.17, 15) is 4.40 Å². The van der Waals surface area contributed by atoms with Crippen LogP contribution >= 0.6 is 0 Å². The van der Waals surface area contributed by atoms with E-state index in [-0.39, 0.29) is 0 Å². The summed E-state index contributed by atoms with van der Waals surface area (Å²) in [4.78, 5) is 0. The van der Waals surface area contributed by atoms with Crippen molar-refractivity contribution in [1.29, 1.82) is 0 Å². The van der Waals surface area contributed by atoms with Crippen LogP contribution in [0.2, 0.25) is 0 Å². The minimum absolute atomic E-state index is 1.01. The fourth-order valence-corrected chi connectivity index (χ4v) is 105. The number of aryl methyl sites for hydroxylation is 12. The van der Waals surface area contributed by atoms with Gasteiger partial charge in [0.1, 0.15) is 0 Å². The first-order valence-corrected chi connectivity index (χ1v) is 55.5. The summed E-state index contributed by atoms with van der Waals surface area (Å²) in [5, 5.41) is 0. The van der Waals surface area contributed by atoms with Crippen molar-refractivity contribution in [2.75, 3.05) is 0 Å². The van der Waals surface area contributed by atoms with Crippen LogP contribution in [0.5, 0.6) is 0 Å². The average Bonchev–Trinajstić information content (AvgIpc) is 0.715. The number of hydrogen-bond acceptors (Lipinski definition) is 5. The van der Waals surface area contributed by atoms with Crippen molar-refractivity contribution in [2.24, 2.45) is 0 Å². The van der Waals surface area contributed by atoms with Gasteiger partial charge in [-0.25, -0.2) is 0 Å². The molecular formula is C84H84O5Te6+2. The molecule has 0 saturated heterocycles. The minimum atomic E-state index is -5.50. The van der Waals surface area contributed by atoms with Crippen molar-refractivity contribution in [2.45, 2.75) is 83.1 Å². The molecule has 0 aliphatic carbocycles. The van der Waals surface area contributed by atoms with Gasteiger partial charge in [-0.3, -0.25) is 0 Å². The Morgan fingerprint density at radius 1 is 0.158 bits per heavy atom. The summed E-state index contributed by atoms with van der Waals surface area (Å²) in [7, 11) is 0. The third kappa shape index (κ3) is 15.8. The molecule has 0 unspecified atom stereocenters. The van der Waals surface area contributed by atoms with Crippen molar-refractivity contribution in [3.8, 4) is 0 Å². The molecule has 0 aromatic heterocycles. The van der Waals surface area contributed by atoms with Gasteiger partial charge in [0.05, 0.1) is 0 Å². The predicted octanol–water partition coefficient (Wildman–Crippen LogP) is 11.4. The van der Waals surface area contributed by atoms with Crippen molar-refractivity contribution >= 4 is 159 Å². The second kappa shape index (κ2) is 30.7. The van der Waals surface area contributed by atoms with Gasteiger partial charge >= 0.3 is 608 Å². The van der Waals surface area contributed by atoms with E-state index in [1.54, 1.807) is 0 Å². The second-order valence-corrected chi connectivity index (χ2v) is 70.3. The Balaban J connectivity index is 1.25. The average molecular weight is 1940 g/mol. The van der Waals surface area contributed by atoms with Gasteiger partial charge in [-0.05, 0) is 0 Å². The van der Waals surface area contributed by atoms with E-state index in [0.717, 1.165) is 73.4 Å². The molecule has 0 radical (unpaired) electrons. The van der Waals surface area contributed by atoms with Gasteiger partial charge in [0.15, 0.2) is 0 Å². The molecule has 484 valence electrons. The predicted molar refractivity (Wildman–Crippen MR) is 410 cm³/mol. The van der Waals surface area contributed by atoms with Crippen LogP contribution in [0.15, 0.2) is 291 Å². The van der Waals surface area contributed by atoms with E-state index < -0.39 is 116 Å². The summed E-state index contributed by atoms with van der Waals surface area (Å²) in [6.07, 6.45) is 0. The maximum atomic E-state index is 9.58. The molecule has 0 bridgehead atoms. The van der Waals surface area contributed by atoms with E-state index in [1.165, 1.54) is 36.7 Å². The summed E-state index contributed by atoms with van der Waals surface area (Å²) in [6, 6.07) is 109. The first-order chi connectivity index (χ1) is 45.8. The molecule has 5 nitrogen and oxygen atoms in total. The number of hydrogen-bond donors (Lipinski definition) is 0. The van der Waals surface area contributed by atoms with E-state index >= 15 is 0 Å². The van der Waals surface area contributed by atoms with Gasteiger partial charge < -0.3 is 0 Å². The Bertz CT molecular complexity index is 3940. The zero-order valence-electron chi connectivity index (χ0n) is 56.2. The van der Waals surface area contributed by atoms with Crippen LogP contribution in [0.3, 0.4) is 0 Å². The quantitative estimate of drug-likeness (QED) is 0.0633. The molecule has 0 fully saturated rings. The summed E-state index contributed by atoms with van der Waals surface area (Å²) in [5.41, 5.74) is 13.9. The molecule has 0 aliphatic rings. The summed E-state index contributed by atoms with van der Waals surface area (Å²) < 4.78 is 59.2. The van der Waals surface area contributed by atoms with Gasteiger partial charge in [-0.2, -0.15) is 0 Å². The van der Waals surface area contributed by atoms with Crippen molar-refractivity contribution in [3.05, 3.63) is 358 Å². The van der Waals surface area contributed by atoms with Crippen molar-refractivity contribution < 1.29 is 7.33 Å². The summed E-state index contributed by atoms with van der Waals surface area (Å²) >= 11 is -27.8. The Kier molecular flexibility index (Phi) is 22.7. The SMILES string of the molecule is Cc1ccc([Te+](O[Te](O[Te](O[Te](O[Te](O[Te+](c2ccc(C)cc2)c2ccc(C)cc2)(c2ccc(C)cc2)c2ccc(C)cc2)(c2ccc(C)cc2)c2ccc(C)cc2)(c2ccc(C)cc2)c2ccc(C)cc2)(c2ccc(C)cc2)c2ccc(C)cc2)c2ccc(C)cc2)cc1. The zero-order valence-corrected chi connectivity index (χ0v) is 70.2. The molecule has 0 atom stereocenters. The first kappa shape index (κ1) is 70.1. The van der Waals surface area contributed by atoms with Crippen LogP contribution in [0.1, 0.15) is 66.8 Å². The molecular weight excluding hydrogens is 1850 g/mol. The van der Waals surface area contributed by atoms with Crippen LogP contribution in [-0.2, 0) is 7.33 Å². The van der Waals surface area contributed by atoms with Crippen molar-refractivity contribution in [3.63, 3.8) is 0 Å². The fraction of sp³-hybridized carbons (Fsp3) is 0.143. The van der Waals surface area contributed by atoms with Crippen LogP contribution in [-0.4, -0.2) is 116 Å². The van der Waals surface area contributed by atoms with Crippen LogP contribution in [0.4, 0.5) is 0 Å². The standard InChI is InChI=1S/C84H84O5Te6/c1-61-13-37-73(38-14-61)90(74-39-15-62(2)16-40-74)85-92(77-45-21-65(5)22-46-77,78-47-23-66(6)24-48-78)87-94(81-53-29-69(9)30-54-81,82-55-31-70(10)32-56-82)89-95(83-57-33-71(11)34-58-83,84-59-35-72(12)36-60-84)88-93(79-49-25-67(7)26-50-79,80-51-27-68(8)28-52-80)86-91(75-41-17-63(3)18-42-75)76-43-19-64(4)20-44-76/h13-60H,1-12H3/q+2. The molecule has 11 heteroatoms. The summed E-state index contributed by atoms with van der Waals surface area (Å²) in [6.45, 7) is 26.0. The fourth-order valence-electron chi connectivity index (χ4n) is 10.6. The Morgan fingerprint density at radius 3 is 0.421 bits per heavy atom. The van der Waals surface area contributed by atoms with Crippen LogP contribution < -0.4 is 43.3 Å². The van der Waals surface area contributed by atoms with Crippen LogP contribution in [0.25, 0.3) is 0 Å². The molecule has 95 heavy (non-hydrogen) atoms. The number of rotatable bonds is 22. The van der Waals surface area contributed by atoms with E-state index in [0.29, 0.717) is 0 Å². The first-order valence-electron chi connectivity index (χ1n) is 32.0. The third-order valence-corrected chi connectivity index (χ3v) is 84.6. The Hall–Kier alpha value is -4.82. The van der Waals surface area contributed by atoms with Gasteiger partial charge in [0.25, 0.3) is 0 Å². The Labute approximate surface area is 599 Å². The molecule has 0 N–H and O–H groups in total. The molecule has 0 heterocycles. The Morgan fingerprint density at radius 2 is 0.274 bits per heavy atom. The topological polar surface area (TPSA) is 46.2 Å². The molecule has 12 rings (SSSR count). The third-order valence-electron chi connectivity index (χ3n) is 16.5. The summed E-state index contributed by atoms with van der Waals surface area (Å²) in [5.74, 6) is 0. The van der Waals surface area contributed by atoms with Crippen molar-refractivity contribution in [1.82, 2.24) is 0 Å². The number of benzene rings is 12. The maximum absolute atomic E-state index is 9.58. The normalized spacial score (nSPS) is 12.9. The molecule has 12 aromatic carbocycles. The molecule has 0 spiro atoms.